The summed E-state index contributed by atoms with van der Waals surface area (Å²) in [5.41, 5.74) is 6.00. The Morgan fingerprint density at radius 2 is 0.963 bits per heavy atom. The van der Waals surface area contributed by atoms with Crippen LogP contribution in [0.15, 0.2) is 95.5 Å². The van der Waals surface area contributed by atoms with Gasteiger partial charge >= 0.3 is 0 Å². The molecule has 3 heteroatoms. The number of pyridine rings is 2. The summed E-state index contributed by atoms with van der Waals surface area (Å²) in [6.07, 6.45) is 0. The van der Waals surface area contributed by atoms with Crippen LogP contribution in [0.4, 0.5) is 0 Å². The number of hydrogen-bond acceptors (Lipinski definition) is 2. The standard InChI is InChI=1S/C24H15BrN2/c25-20-12-8-17(9-13-20)22-15-11-19-7-6-18-10-14-21(16-4-2-1-3-5-16)26-23(18)24(19)27-22/h1-15H. The molecule has 0 fully saturated rings. The third kappa shape index (κ3) is 3.00. The second-order valence-electron chi connectivity index (χ2n) is 6.47. The number of benzene rings is 3. The van der Waals surface area contributed by atoms with Crippen LogP contribution in [-0.4, -0.2) is 9.97 Å². The summed E-state index contributed by atoms with van der Waals surface area (Å²) in [6.45, 7) is 0. The minimum atomic E-state index is 0.936. The molecule has 0 unspecified atom stereocenters. The Labute approximate surface area is 165 Å². The molecule has 0 amide bonds. The molecule has 0 saturated heterocycles. The average Bonchev–Trinajstić information content (AvgIpc) is 2.74. The van der Waals surface area contributed by atoms with Gasteiger partial charge in [0, 0.05) is 26.4 Å². The highest BCUT2D eigenvalue weighted by Crippen LogP contribution is 2.29. The van der Waals surface area contributed by atoms with Gasteiger partial charge in [-0.05, 0) is 24.3 Å². The van der Waals surface area contributed by atoms with Crippen LogP contribution in [0.25, 0.3) is 44.3 Å². The van der Waals surface area contributed by atoms with Gasteiger partial charge in [0.15, 0.2) is 0 Å². The maximum atomic E-state index is 4.96. The van der Waals surface area contributed by atoms with E-state index < -0.39 is 0 Å². The molecule has 0 bridgehead atoms. The van der Waals surface area contributed by atoms with Crippen molar-refractivity contribution in [1.29, 1.82) is 0 Å². The first-order valence-electron chi connectivity index (χ1n) is 8.80. The fourth-order valence-electron chi connectivity index (χ4n) is 3.32. The zero-order valence-electron chi connectivity index (χ0n) is 14.4. The van der Waals surface area contributed by atoms with E-state index in [0.717, 1.165) is 48.8 Å². The fourth-order valence-corrected chi connectivity index (χ4v) is 3.58. The maximum absolute atomic E-state index is 4.96. The number of hydrogen-bond donors (Lipinski definition) is 0. The lowest BCUT2D eigenvalue weighted by Crippen LogP contribution is -1.90. The van der Waals surface area contributed by atoms with E-state index in [4.69, 9.17) is 9.97 Å². The van der Waals surface area contributed by atoms with Crippen molar-refractivity contribution in [3.05, 3.63) is 95.5 Å². The molecule has 27 heavy (non-hydrogen) atoms. The van der Waals surface area contributed by atoms with Crippen LogP contribution in [0.5, 0.6) is 0 Å². The average molecular weight is 411 g/mol. The second kappa shape index (κ2) is 6.60. The summed E-state index contributed by atoms with van der Waals surface area (Å²) in [5, 5.41) is 2.20. The van der Waals surface area contributed by atoms with E-state index in [1.807, 2.05) is 30.3 Å². The van der Waals surface area contributed by atoms with Gasteiger partial charge in [0.25, 0.3) is 0 Å². The highest BCUT2D eigenvalue weighted by atomic mass is 79.9. The molecular formula is C24H15BrN2. The Bertz CT molecular complexity index is 1260. The second-order valence-corrected chi connectivity index (χ2v) is 7.39. The molecule has 2 nitrogen and oxygen atoms in total. The quantitative estimate of drug-likeness (QED) is 0.296. The minimum absolute atomic E-state index is 0.936. The van der Waals surface area contributed by atoms with E-state index >= 15 is 0 Å². The number of fused-ring (bicyclic) bond motifs is 3. The largest absolute Gasteiger partial charge is 0.245 e. The number of aromatic nitrogens is 2. The molecule has 0 N–H and O–H groups in total. The minimum Gasteiger partial charge on any atom is -0.245 e. The van der Waals surface area contributed by atoms with E-state index in [0.29, 0.717) is 0 Å². The highest BCUT2D eigenvalue weighted by Gasteiger charge is 2.08. The molecule has 2 aromatic heterocycles. The summed E-state index contributed by atoms with van der Waals surface area (Å²) in [5.74, 6) is 0. The van der Waals surface area contributed by atoms with Gasteiger partial charge in [0.1, 0.15) is 0 Å². The highest BCUT2D eigenvalue weighted by molar-refractivity contribution is 9.10. The topological polar surface area (TPSA) is 25.8 Å². The zero-order valence-corrected chi connectivity index (χ0v) is 16.0. The van der Waals surface area contributed by atoms with Gasteiger partial charge in [0.2, 0.25) is 0 Å². The predicted molar refractivity (Wildman–Crippen MR) is 116 cm³/mol. The van der Waals surface area contributed by atoms with E-state index in [1.54, 1.807) is 0 Å². The van der Waals surface area contributed by atoms with Gasteiger partial charge in [-0.15, -0.1) is 0 Å². The molecule has 0 aliphatic heterocycles. The first-order valence-corrected chi connectivity index (χ1v) is 9.59. The monoisotopic (exact) mass is 410 g/mol. The van der Waals surface area contributed by atoms with Crippen LogP contribution in [0.2, 0.25) is 0 Å². The van der Waals surface area contributed by atoms with Crippen molar-refractivity contribution in [3.8, 4) is 22.5 Å². The van der Waals surface area contributed by atoms with Crippen LogP contribution in [0.1, 0.15) is 0 Å². The molecule has 0 aliphatic carbocycles. The van der Waals surface area contributed by atoms with Crippen molar-refractivity contribution in [1.82, 2.24) is 9.97 Å². The van der Waals surface area contributed by atoms with E-state index in [1.165, 1.54) is 0 Å². The Morgan fingerprint density at radius 3 is 1.52 bits per heavy atom. The van der Waals surface area contributed by atoms with Gasteiger partial charge in [0.05, 0.1) is 22.4 Å². The van der Waals surface area contributed by atoms with Crippen LogP contribution in [0, 0.1) is 0 Å². The Kier molecular flexibility index (Phi) is 3.95. The molecule has 0 atom stereocenters. The number of rotatable bonds is 2. The Hall–Kier alpha value is -3.04. The number of nitrogens with zero attached hydrogens (tertiary/aromatic N) is 2. The molecule has 3 aromatic carbocycles. The molecule has 5 rings (SSSR count). The third-order valence-electron chi connectivity index (χ3n) is 4.73. The molecule has 0 aliphatic rings. The molecular weight excluding hydrogens is 396 g/mol. The molecule has 0 radical (unpaired) electrons. The van der Waals surface area contributed by atoms with E-state index in [9.17, 15) is 0 Å². The van der Waals surface area contributed by atoms with Gasteiger partial charge in [-0.25, -0.2) is 9.97 Å². The lowest BCUT2D eigenvalue weighted by atomic mass is 10.1. The van der Waals surface area contributed by atoms with Crippen LogP contribution in [0.3, 0.4) is 0 Å². The smallest absolute Gasteiger partial charge is 0.0972 e. The van der Waals surface area contributed by atoms with Crippen LogP contribution in [-0.2, 0) is 0 Å². The van der Waals surface area contributed by atoms with Crippen molar-refractivity contribution in [2.24, 2.45) is 0 Å². The van der Waals surface area contributed by atoms with Crippen molar-refractivity contribution < 1.29 is 0 Å². The van der Waals surface area contributed by atoms with Gasteiger partial charge in [-0.2, -0.15) is 0 Å². The summed E-state index contributed by atoms with van der Waals surface area (Å²) >= 11 is 3.49. The van der Waals surface area contributed by atoms with Crippen LogP contribution >= 0.6 is 15.9 Å². The lowest BCUT2D eigenvalue weighted by Gasteiger charge is -2.08. The molecule has 0 saturated carbocycles. The van der Waals surface area contributed by atoms with Gasteiger partial charge < -0.3 is 0 Å². The van der Waals surface area contributed by atoms with Crippen molar-refractivity contribution in [3.63, 3.8) is 0 Å². The van der Waals surface area contributed by atoms with Crippen molar-refractivity contribution in [2.75, 3.05) is 0 Å². The molecule has 128 valence electrons. The maximum Gasteiger partial charge on any atom is 0.0972 e. The predicted octanol–water partition coefficient (Wildman–Crippen LogP) is 6.88. The first-order chi connectivity index (χ1) is 13.3. The molecule has 0 spiro atoms. The normalized spacial score (nSPS) is 11.1. The first kappa shape index (κ1) is 16.2. The third-order valence-corrected chi connectivity index (χ3v) is 5.26. The Morgan fingerprint density at radius 1 is 0.481 bits per heavy atom. The van der Waals surface area contributed by atoms with Gasteiger partial charge in [-0.1, -0.05) is 82.7 Å². The Balaban J connectivity index is 1.74. The summed E-state index contributed by atoms with van der Waals surface area (Å²) in [7, 11) is 0. The van der Waals surface area contributed by atoms with Crippen molar-refractivity contribution in [2.45, 2.75) is 0 Å². The van der Waals surface area contributed by atoms with E-state index in [2.05, 4.69) is 76.6 Å². The summed E-state index contributed by atoms with van der Waals surface area (Å²) < 4.78 is 1.06. The number of halogens is 1. The van der Waals surface area contributed by atoms with Crippen LogP contribution < -0.4 is 0 Å². The van der Waals surface area contributed by atoms with Gasteiger partial charge in [-0.3, -0.25) is 0 Å². The summed E-state index contributed by atoms with van der Waals surface area (Å²) in [4.78, 5) is 9.91. The molecule has 2 heterocycles. The van der Waals surface area contributed by atoms with E-state index in [-0.39, 0.29) is 0 Å². The molecule has 5 aromatic rings. The summed E-state index contributed by atoms with van der Waals surface area (Å²) in [6, 6.07) is 31.1. The lowest BCUT2D eigenvalue weighted by molar-refractivity contribution is 1.36. The van der Waals surface area contributed by atoms with Crippen molar-refractivity contribution >= 4 is 37.7 Å². The SMILES string of the molecule is Brc1ccc(-c2ccc3ccc4ccc(-c5ccccc5)nc4c3n2)cc1. The zero-order chi connectivity index (χ0) is 18.2. The fraction of sp³-hybridized carbons (Fsp3) is 0.